The fourth-order valence-electron chi connectivity index (χ4n) is 3.56. The van der Waals surface area contributed by atoms with Crippen molar-refractivity contribution in [2.75, 3.05) is 28.4 Å². The van der Waals surface area contributed by atoms with E-state index in [2.05, 4.69) is 9.88 Å². The molecule has 4 rings (SSSR count). The van der Waals surface area contributed by atoms with Crippen LogP contribution in [0.2, 0.25) is 0 Å². The first-order chi connectivity index (χ1) is 15.5. The lowest BCUT2D eigenvalue weighted by Crippen LogP contribution is -2.21. The number of nitrogens with one attached hydrogen (secondary N) is 1. The van der Waals surface area contributed by atoms with E-state index in [1.54, 1.807) is 21.3 Å². The molecule has 0 saturated carbocycles. The van der Waals surface area contributed by atoms with Crippen molar-refractivity contribution >= 4 is 21.6 Å². The van der Waals surface area contributed by atoms with Gasteiger partial charge in [0.15, 0.2) is 11.5 Å². The van der Waals surface area contributed by atoms with Gasteiger partial charge < -0.3 is 19.2 Å². The molecule has 0 aliphatic heterocycles. The smallest absolute Gasteiger partial charge is 0.268 e. The molecular formula is C24H25N3O4S. The van der Waals surface area contributed by atoms with E-state index in [1.807, 2.05) is 55.6 Å². The zero-order valence-corrected chi connectivity index (χ0v) is 19.3. The first-order valence-corrected chi connectivity index (χ1v) is 10.9. The number of methoxy groups -OCH3 is 3. The number of aromatic nitrogens is 2. The summed E-state index contributed by atoms with van der Waals surface area (Å²) in [6.45, 7) is 1.18. The average Bonchev–Trinajstić information content (AvgIpc) is 3.23. The van der Waals surface area contributed by atoms with Gasteiger partial charge in [-0.1, -0.05) is 6.07 Å². The third-order valence-electron chi connectivity index (χ3n) is 5.13. The Kier molecular flexibility index (Phi) is 6.43. The van der Waals surface area contributed by atoms with Crippen LogP contribution in [0.15, 0.2) is 53.3 Å². The van der Waals surface area contributed by atoms with E-state index in [1.165, 1.54) is 11.3 Å². The van der Waals surface area contributed by atoms with Crippen LogP contribution >= 0.6 is 11.3 Å². The number of rotatable bonds is 8. The molecule has 2 heterocycles. The third-order valence-corrected chi connectivity index (χ3v) is 6.30. The minimum atomic E-state index is -0.116. The van der Waals surface area contributed by atoms with E-state index in [4.69, 9.17) is 19.2 Å². The number of fused-ring (bicyclic) bond motifs is 1. The van der Waals surface area contributed by atoms with Gasteiger partial charge in [0.1, 0.15) is 16.3 Å². The molecular weight excluding hydrogens is 426 g/mol. The van der Waals surface area contributed by atoms with Crippen LogP contribution in [-0.4, -0.2) is 43.2 Å². The van der Waals surface area contributed by atoms with Crippen molar-refractivity contribution in [2.24, 2.45) is 0 Å². The molecule has 0 radical (unpaired) electrons. The van der Waals surface area contributed by atoms with E-state index in [0.717, 1.165) is 21.8 Å². The van der Waals surface area contributed by atoms with Crippen molar-refractivity contribution in [1.82, 2.24) is 14.9 Å². The number of hydrogen-bond donors (Lipinski definition) is 1. The van der Waals surface area contributed by atoms with Gasteiger partial charge in [0, 0.05) is 11.4 Å². The molecule has 0 spiro atoms. The average molecular weight is 452 g/mol. The Morgan fingerprint density at radius 1 is 0.938 bits per heavy atom. The van der Waals surface area contributed by atoms with Crippen LogP contribution in [0.3, 0.4) is 0 Å². The van der Waals surface area contributed by atoms with Gasteiger partial charge in [-0.05, 0) is 60.6 Å². The molecule has 0 atom stereocenters. The van der Waals surface area contributed by atoms with Gasteiger partial charge >= 0.3 is 0 Å². The Bertz CT molecular complexity index is 1280. The molecule has 0 bridgehead atoms. The summed E-state index contributed by atoms with van der Waals surface area (Å²) in [5, 5.41) is 0. The van der Waals surface area contributed by atoms with Crippen molar-refractivity contribution in [2.45, 2.75) is 13.1 Å². The summed E-state index contributed by atoms with van der Waals surface area (Å²) in [6.07, 6.45) is 0. The lowest BCUT2D eigenvalue weighted by atomic mass is 10.2. The standard InChI is InChI=1S/C24H25N3O4S/c1-27(13-15-5-10-19(30-3)20(11-15)31-4)14-22-25-18-12-21(32-23(18)24(28)26-22)16-6-8-17(29-2)9-7-16/h5-12H,13-14H2,1-4H3,(H,25,26,28). The van der Waals surface area contributed by atoms with Crippen LogP contribution < -0.4 is 19.8 Å². The molecule has 0 fully saturated rings. The number of ether oxygens (including phenoxy) is 3. The highest BCUT2D eigenvalue weighted by Gasteiger charge is 2.13. The second-order valence-corrected chi connectivity index (χ2v) is 8.48. The predicted molar refractivity (Wildman–Crippen MR) is 127 cm³/mol. The highest BCUT2D eigenvalue weighted by Crippen LogP contribution is 2.32. The molecule has 32 heavy (non-hydrogen) atoms. The van der Waals surface area contributed by atoms with Crippen molar-refractivity contribution < 1.29 is 14.2 Å². The Balaban J connectivity index is 1.53. The monoisotopic (exact) mass is 451 g/mol. The molecule has 0 amide bonds. The number of benzene rings is 2. The maximum Gasteiger partial charge on any atom is 0.268 e. The maximum absolute atomic E-state index is 12.7. The third kappa shape index (κ3) is 4.61. The van der Waals surface area contributed by atoms with Crippen LogP contribution in [0.25, 0.3) is 20.7 Å². The van der Waals surface area contributed by atoms with Gasteiger partial charge in [-0.25, -0.2) is 4.98 Å². The predicted octanol–water partition coefficient (Wildman–Crippen LogP) is 4.31. The molecule has 8 heteroatoms. The van der Waals surface area contributed by atoms with Crippen LogP contribution in [0, 0.1) is 0 Å². The Morgan fingerprint density at radius 3 is 2.38 bits per heavy atom. The second-order valence-electron chi connectivity index (χ2n) is 7.43. The van der Waals surface area contributed by atoms with Crippen LogP contribution in [0.4, 0.5) is 0 Å². The fourth-order valence-corrected chi connectivity index (χ4v) is 4.56. The number of nitrogens with zero attached hydrogens (tertiary/aromatic N) is 2. The summed E-state index contributed by atoms with van der Waals surface area (Å²) in [4.78, 5) is 23.4. The highest BCUT2D eigenvalue weighted by atomic mass is 32.1. The Hall–Kier alpha value is -3.36. The topological polar surface area (TPSA) is 76.7 Å². The lowest BCUT2D eigenvalue weighted by molar-refractivity contribution is 0.308. The number of hydrogen-bond acceptors (Lipinski definition) is 7. The van der Waals surface area contributed by atoms with Crippen molar-refractivity contribution in [1.29, 1.82) is 0 Å². The molecule has 7 nitrogen and oxygen atoms in total. The van der Waals surface area contributed by atoms with E-state index in [9.17, 15) is 4.79 Å². The lowest BCUT2D eigenvalue weighted by Gasteiger charge is -2.17. The fraction of sp³-hybridized carbons (Fsp3) is 0.250. The molecule has 0 aliphatic rings. The molecule has 2 aromatic carbocycles. The molecule has 4 aromatic rings. The van der Waals surface area contributed by atoms with Gasteiger partial charge in [0.25, 0.3) is 5.56 Å². The summed E-state index contributed by atoms with van der Waals surface area (Å²) in [5.41, 5.74) is 2.69. The molecule has 1 N–H and O–H groups in total. The number of H-pyrrole nitrogens is 1. The molecule has 0 unspecified atom stereocenters. The van der Waals surface area contributed by atoms with Gasteiger partial charge in [-0.15, -0.1) is 11.3 Å². The van der Waals surface area contributed by atoms with Crippen LogP contribution in [-0.2, 0) is 13.1 Å². The molecule has 2 aromatic heterocycles. The van der Waals surface area contributed by atoms with E-state index in [-0.39, 0.29) is 5.56 Å². The molecule has 166 valence electrons. The minimum absolute atomic E-state index is 0.116. The van der Waals surface area contributed by atoms with Crippen molar-refractivity contribution in [3.8, 4) is 27.7 Å². The molecule has 0 saturated heterocycles. The quantitative estimate of drug-likeness (QED) is 0.430. The Morgan fingerprint density at radius 2 is 1.69 bits per heavy atom. The zero-order chi connectivity index (χ0) is 22.7. The summed E-state index contributed by atoms with van der Waals surface area (Å²) in [6, 6.07) is 15.6. The van der Waals surface area contributed by atoms with E-state index < -0.39 is 0 Å². The van der Waals surface area contributed by atoms with Crippen LogP contribution in [0.5, 0.6) is 17.2 Å². The zero-order valence-electron chi connectivity index (χ0n) is 18.5. The Labute approximate surface area is 190 Å². The highest BCUT2D eigenvalue weighted by molar-refractivity contribution is 7.22. The number of thiophene rings is 1. The largest absolute Gasteiger partial charge is 0.497 e. The number of aromatic amines is 1. The van der Waals surface area contributed by atoms with Gasteiger partial charge in [0.2, 0.25) is 0 Å². The van der Waals surface area contributed by atoms with Gasteiger partial charge in [-0.2, -0.15) is 0 Å². The second kappa shape index (κ2) is 9.42. The summed E-state index contributed by atoms with van der Waals surface area (Å²) >= 11 is 1.44. The molecule has 0 aliphatic carbocycles. The van der Waals surface area contributed by atoms with E-state index >= 15 is 0 Å². The summed E-state index contributed by atoms with van der Waals surface area (Å²) < 4.78 is 16.5. The maximum atomic E-state index is 12.7. The summed E-state index contributed by atoms with van der Waals surface area (Å²) in [5.74, 6) is 2.81. The first-order valence-electron chi connectivity index (χ1n) is 10.1. The van der Waals surface area contributed by atoms with Crippen molar-refractivity contribution in [3.63, 3.8) is 0 Å². The minimum Gasteiger partial charge on any atom is -0.497 e. The van der Waals surface area contributed by atoms with E-state index in [0.29, 0.717) is 40.6 Å². The SMILES string of the molecule is COc1ccc(-c2cc3nc(CN(C)Cc4ccc(OC)c(OC)c4)[nH]c(=O)c3s2)cc1. The van der Waals surface area contributed by atoms with Crippen molar-refractivity contribution in [3.05, 3.63) is 70.3 Å². The normalized spacial score (nSPS) is 11.2. The first kappa shape index (κ1) is 21.9. The van der Waals surface area contributed by atoms with Gasteiger partial charge in [0.05, 0.1) is 33.4 Å². The summed E-state index contributed by atoms with van der Waals surface area (Å²) in [7, 11) is 6.86. The van der Waals surface area contributed by atoms with Gasteiger partial charge in [-0.3, -0.25) is 9.69 Å². The van der Waals surface area contributed by atoms with Crippen LogP contribution in [0.1, 0.15) is 11.4 Å².